The van der Waals surface area contributed by atoms with Crippen LogP contribution in [-0.2, 0) is 14.3 Å². The SMILES string of the molecule is CCOCCCN1C(=O)C(c2ccc(OC)c(OC)c2)=C(N2CC(C)CC(C)C2)C1=O. The molecule has 2 aliphatic rings. The van der Waals surface area contributed by atoms with Crippen LogP contribution >= 0.6 is 0 Å². The number of hydrogen-bond acceptors (Lipinski definition) is 6. The minimum atomic E-state index is -0.255. The fraction of sp³-hybridized carbons (Fsp3) is 0.583. The van der Waals surface area contributed by atoms with Crippen molar-refractivity contribution in [2.45, 2.75) is 33.6 Å². The van der Waals surface area contributed by atoms with Gasteiger partial charge in [-0.3, -0.25) is 14.5 Å². The first-order chi connectivity index (χ1) is 14.9. The molecule has 0 aromatic heterocycles. The Morgan fingerprint density at radius 3 is 2.29 bits per heavy atom. The standard InChI is InChI=1S/C24H34N2O5/c1-6-31-11-7-10-26-23(27)21(18-8-9-19(29-4)20(13-18)30-5)22(24(26)28)25-14-16(2)12-17(3)15-25/h8-9,13,16-17H,6-7,10-12,14-15H2,1-5H3. The van der Waals surface area contributed by atoms with Crippen LogP contribution in [0.5, 0.6) is 11.5 Å². The van der Waals surface area contributed by atoms with Crippen LogP contribution in [0.25, 0.3) is 5.57 Å². The van der Waals surface area contributed by atoms with Crippen molar-refractivity contribution in [2.75, 3.05) is 47.1 Å². The average molecular weight is 431 g/mol. The first-order valence-corrected chi connectivity index (χ1v) is 11.1. The van der Waals surface area contributed by atoms with Crippen LogP contribution in [-0.4, -0.2) is 68.7 Å². The topological polar surface area (TPSA) is 68.3 Å². The number of rotatable bonds is 9. The van der Waals surface area contributed by atoms with Gasteiger partial charge >= 0.3 is 0 Å². The van der Waals surface area contributed by atoms with Gasteiger partial charge in [0.2, 0.25) is 0 Å². The van der Waals surface area contributed by atoms with Crippen molar-refractivity contribution in [3.63, 3.8) is 0 Å². The zero-order chi connectivity index (χ0) is 22.5. The summed E-state index contributed by atoms with van der Waals surface area (Å²) in [5, 5.41) is 0. The van der Waals surface area contributed by atoms with Gasteiger partial charge in [0, 0.05) is 32.8 Å². The van der Waals surface area contributed by atoms with Crippen molar-refractivity contribution in [3.8, 4) is 11.5 Å². The van der Waals surface area contributed by atoms with E-state index in [1.54, 1.807) is 26.4 Å². The van der Waals surface area contributed by atoms with Crippen molar-refractivity contribution in [1.82, 2.24) is 9.80 Å². The third-order valence-corrected chi connectivity index (χ3v) is 5.88. The summed E-state index contributed by atoms with van der Waals surface area (Å²) in [4.78, 5) is 30.4. The summed E-state index contributed by atoms with van der Waals surface area (Å²) in [6.45, 7) is 9.33. The molecule has 2 unspecified atom stereocenters. The fourth-order valence-electron chi connectivity index (χ4n) is 4.63. The highest BCUT2D eigenvalue weighted by atomic mass is 16.5. The predicted octanol–water partition coefficient (Wildman–Crippen LogP) is 3.19. The second-order valence-electron chi connectivity index (χ2n) is 8.46. The van der Waals surface area contributed by atoms with Gasteiger partial charge in [0.05, 0.1) is 19.8 Å². The number of ether oxygens (including phenoxy) is 3. The highest BCUT2D eigenvalue weighted by Crippen LogP contribution is 2.38. The van der Waals surface area contributed by atoms with Gasteiger partial charge < -0.3 is 19.1 Å². The summed E-state index contributed by atoms with van der Waals surface area (Å²) in [6, 6.07) is 5.37. The van der Waals surface area contributed by atoms with E-state index in [-0.39, 0.29) is 11.8 Å². The van der Waals surface area contributed by atoms with Gasteiger partial charge in [-0.25, -0.2) is 0 Å². The van der Waals surface area contributed by atoms with E-state index in [9.17, 15) is 9.59 Å². The first kappa shape index (κ1) is 23.1. The van der Waals surface area contributed by atoms with E-state index in [0.717, 1.165) is 19.5 Å². The van der Waals surface area contributed by atoms with E-state index in [1.165, 1.54) is 4.90 Å². The normalized spacial score (nSPS) is 21.8. The molecule has 0 radical (unpaired) electrons. The lowest BCUT2D eigenvalue weighted by Gasteiger charge is -2.37. The fourth-order valence-corrected chi connectivity index (χ4v) is 4.63. The third kappa shape index (κ3) is 4.87. The summed E-state index contributed by atoms with van der Waals surface area (Å²) in [5.41, 5.74) is 1.62. The summed E-state index contributed by atoms with van der Waals surface area (Å²) in [7, 11) is 3.13. The Balaban J connectivity index is 2.01. The quantitative estimate of drug-likeness (QED) is 0.443. The molecule has 0 spiro atoms. The number of carbonyl (C=O) groups is 2. The first-order valence-electron chi connectivity index (χ1n) is 11.1. The number of likely N-dealkylation sites (tertiary alicyclic amines) is 1. The number of imide groups is 1. The van der Waals surface area contributed by atoms with Crippen LogP contribution in [0.2, 0.25) is 0 Å². The van der Waals surface area contributed by atoms with E-state index < -0.39 is 0 Å². The number of amides is 2. The van der Waals surface area contributed by atoms with Crippen molar-refractivity contribution >= 4 is 17.4 Å². The van der Waals surface area contributed by atoms with Gasteiger partial charge in [0.25, 0.3) is 11.8 Å². The number of piperidine rings is 1. The minimum Gasteiger partial charge on any atom is -0.493 e. The molecule has 1 saturated heterocycles. The Labute approximate surface area is 184 Å². The largest absolute Gasteiger partial charge is 0.493 e. The van der Waals surface area contributed by atoms with E-state index in [0.29, 0.717) is 66.3 Å². The van der Waals surface area contributed by atoms with Crippen molar-refractivity contribution in [1.29, 1.82) is 0 Å². The number of carbonyl (C=O) groups excluding carboxylic acids is 2. The van der Waals surface area contributed by atoms with Crippen molar-refractivity contribution in [2.24, 2.45) is 11.8 Å². The molecule has 7 nitrogen and oxygen atoms in total. The Hall–Kier alpha value is -2.54. The van der Waals surface area contributed by atoms with Gasteiger partial charge in [0.15, 0.2) is 11.5 Å². The monoisotopic (exact) mass is 430 g/mol. The smallest absolute Gasteiger partial charge is 0.277 e. The molecule has 2 aliphatic heterocycles. The van der Waals surface area contributed by atoms with Crippen LogP contribution in [0.15, 0.2) is 23.9 Å². The zero-order valence-electron chi connectivity index (χ0n) is 19.3. The molecule has 31 heavy (non-hydrogen) atoms. The molecular formula is C24H34N2O5. The van der Waals surface area contributed by atoms with E-state index in [2.05, 4.69) is 18.7 Å². The molecule has 1 aromatic carbocycles. The van der Waals surface area contributed by atoms with Gasteiger partial charge in [-0.15, -0.1) is 0 Å². The summed E-state index contributed by atoms with van der Waals surface area (Å²) in [5.74, 6) is 1.55. The highest BCUT2D eigenvalue weighted by Gasteiger charge is 2.42. The molecule has 170 valence electrons. The Morgan fingerprint density at radius 1 is 1.00 bits per heavy atom. The lowest BCUT2D eigenvalue weighted by atomic mass is 9.91. The molecule has 0 bridgehead atoms. The molecule has 2 heterocycles. The van der Waals surface area contributed by atoms with Gasteiger partial charge in [0.1, 0.15) is 5.70 Å². The molecule has 7 heteroatoms. The maximum atomic E-state index is 13.5. The minimum absolute atomic E-state index is 0.215. The second-order valence-corrected chi connectivity index (χ2v) is 8.46. The number of hydrogen-bond donors (Lipinski definition) is 0. The molecule has 2 amide bonds. The van der Waals surface area contributed by atoms with Crippen molar-refractivity contribution < 1.29 is 23.8 Å². The molecule has 3 rings (SSSR count). The van der Waals surface area contributed by atoms with Crippen LogP contribution < -0.4 is 9.47 Å². The van der Waals surface area contributed by atoms with Crippen LogP contribution in [0.3, 0.4) is 0 Å². The second kappa shape index (κ2) is 10.2. The average Bonchev–Trinajstić information content (AvgIpc) is 3.00. The van der Waals surface area contributed by atoms with Crippen LogP contribution in [0.1, 0.15) is 39.2 Å². The predicted molar refractivity (Wildman–Crippen MR) is 119 cm³/mol. The highest BCUT2D eigenvalue weighted by molar-refractivity contribution is 6.35. The third-order valence-electron chi connectivity index (χ3n) is 5.88. The molecule has 1 aromatic rings. The van der Waals surface area contributed by atoms with Gasteiger partial charge in [-0.1, -0.05) is 19.9 Å². The van der Waals surface area contributed by atoms with E-state index in [4.69, 9.17) is 14.2 Å². The molecular weight excluding hydrogens is 396 g/mol. The Morgan fingerprint density at radius 2 is 1.68 bits per heavy atom. The van der Waals surface area contributed by atoms with E-state index >= 15 is 0 Å². The zero-order valence-corrected chi connectivity index (χ0v) is 19.3. The number of methoxy groups -OCH3 is 2. The lowest BCUT2D eigenvalue weighted by molar-refractivity contribution is -0.137. The lowest BCUT2D eigenvalue weighted by Crippen LogP contribution is -2.42. The van der Waals surface area contributed by atoms with Crippen LogP contribution in [0.4, 0.5) is 0 Å². The number of benzene rings is 1. The molecule has 0 aliphatic carbocycles. The van der Waals surface area contributed by atoms with Gasteiger partial charge in [-0.05, 0) is 49.3 Å². The molecule has 2 atom stereocenters. The van der Waals surface area contributed by atoms with Gasteiger partial charge in [-0.2, -0.15) is 0 Å². The summed E-state index contributed by atoms with van der Waals surface area (Å²) >= 11 is 0. The Bertz CT molecular complexity index is 840. The summed E-state index contributed by atoms with van der Waals surface area (Å²) in [6.07, 6.45) is 1.74. The molecule has 0 N–H and O–H groups in total. The maximum absolute atomic E-state index is 13.5. The van der Waals surface area contributed by atoms with E-state index in [1.807, 2.05) is 13.0 Å². The van der Waals surface area contributed by atoms with Crippen LogP contribution in [0, 0.1) is 11.8 Å². The van der Waals surface area contributed by atoms with Crippen molar-refractivity contribution in [3.05, 3.63) is 29.5 Å². The molecule has 0 saturated carbocycles. The maximum Gasteiger partial charge on any atom is 0.277 e. The molecule has 1 fully saturated rings. The summed E-state index contributed by atoms with van der Waals surface area (Å²) < 4.78 is 16.2. The Kier molecular flexibility index (Phi) is 7.59. The number of nitrogens with zero attached hydrogens (tertiary/aromatic N) is 2.